The lowest BCUT2D eigenvalue weighted by Crippen LogP contribution is -2.46. The number of nitrogen functional groups attached to an aromatic ring is 1. The number of rotatable bonds is 2. The van der Waals surface area contributed by atoms with Crippen LogP contribution in [0, 0.1) is 0 Å². The number of hydrogen-bond acceptors (Lipinski definition) is 5. The quantitative estimate of drug-likeness (QED) is 0.601. The van der Waals surface area contributed by atoms with Gasteiger partial charge in [0.05, 0.1) is 0 Å². The lowest BCUT2D eigenvalue weighted by Gasteiger charge is -2.30. The first-order valence-corrected chi connectivity index (χ1v) is 9.67. The van der Waals surface area contributed by atoms with Crippen molar-refractivity contribution >= 4 is 29.3 Å². The van der Waals surface area contributed by atoms with Gasteiger partial charge in [-0.2, -0.15) is 0 Å². The normalized spacial score (nSPS) is 16.1. The number of amides is 4. The largest absolute Gasteiger partial charge is 0.398 e. The number of hydrogen-bond donors (Lipinski definition) is 2. The molecule has 7 heteroatoms. The van der Waals surface area contributed by atoms with Gasteiger partial charge in [0, 0.05) is 27.9 Å². The molecule has 0 saturated heterocycles. The molecule has 4 rings (SSSR count). The van der Waals surface area contributed by atoms with Crippen LogP contribution in [0.2, 0.25) is 0 Å². The second kappa shape index (κ2) is 7.16. The Morgan fingerprint density at radius 3 is 2.03 bits per heavy atom. The molecule has 4 N–H and O–H groups in total. The molecule has 1 heterocycles. The van der Waals surface area contributed by atoms with Gasteiger partial charge in [0.25, 0.3) is 17.7 Å². The van der Waals surface area contributed by atoms with Crippen molar-refractivity contribution in [2.45, 2.75) is 38.5 Å². The van der Waals surface area contributed by atoms with Crippen LogP contribution in [0.1, 0.15) is 78.2 Å². The Morgan fingerprint density at radius 1 is 0.828 bits per heavy atom. The van der Waals surface area contributed by atoms with Crippen molar-refractivity contribution in [3.63, 3.8) is 0 Å². The molecule has 1 aliphatic carbocycles. The Bertz CT molecular complexity index is 1060. The van der Waals surface area contributed by atoms with Crippen LogP contribution in [0.3, 0.4) is 0 Å². The third kappa shape index (κ3) is 3.08. The minimum Gasteiger partial charge on any atom is -0.398 e. The fourth-order valence-electron chi connectivity index (χ4n) is 4.14. The van der Waals surface area contributed by atoms with Crippen molar-refractivity contribution in [3.8, 4) is 0 Å². The molecule has 0 atom stereocenters. The Balaban J connectivity index is 1.78. The van der Waals surface area contributed by atoms with E-state index in [0.29, 0.717) is 40.1 Å². The summed E-state index contributed by atoms with van der Waals surface area (Å²) >= 11 is 0. The molecule has 0 unspecified atom stereocenters. The summed E-state index contributed by atoms with van der Waals surface area (Å²) in [6.07, 6.45) is 5.10. The van der Waals surface area contributed by atoms with Gasteiger partial charge >= 0.3 is 0 Å². The number of primary amides is 1. The molecule has 0 aromatic heterocycles. The van der Waals surface area contributed by atoms with Crippen molar-refractivity contribution in [3.05, 3.63) is 63.7 Å². The zero-order valence-electron chi connectivity index (χ0n) is 15.9. The maximum absolute atomic E-state index is 13.3. The minimum absolute atomic E-state index is 0.127. The first-order chi connectivity index (χ1) is 13.9. The molecule has 4 bridgehead atoms. The number of carbonyl (C=O) groups excluding carboxylic acids is 4. The Hall–Kier alpha value is -3.48. The lowest BCUT2D eigenvalue weighted by molar-refractivity contribution is 0.0527. The van der Waals surface area contributed by atoms with E-state index in [1.54, 1.807) is 6.07 Å². The first-order valence-electron chi connectivity index (χ1n) is 9.67. The van der Waals surface area contributed by atoms with Crippen LogP contribution >= 0.6 is 0 Å². The summed E-state index contributed by atoms with van der Waals surface area (Å²) in [6.45, 7) is 0. The van der Waals surface area contributed by atoms with Gasteiger partial charge in [-0.1, -0.05) is 12.8 Å². The molecule has 2 aliphatic rings. The van der Waals surface area contributed by atoms with Crippen molar-refractivity contribution in [1.82, 2.24) is 4.90 Å². The topological polar surface area (TPSA) is 124 Å². The maximum Gasteiger partial charge on any atom is 0.268 e. The van der Waals surface area contributed by atoms with E-state index in [9.17, 15) is 19.2 Å². The summed E-state index contributed by atoms with van der Waals surface area (Å²) in [6, 6.07) is 7.16. The van der Waals surface area contributed by atoms with Crippen molar-refractivity contribution < 1.29 is 19.2 Å². The van der Waals surface area contributed by atoms with Gasteiger partial charge in [0.2, 0.25) is 5.91 Å². The molecule has 0 saturated carbocycles. The number of nitrogens with zero attached hydrogens (tertiary/aromatic N) is 1. The SMILES string of the molecule is NC(=O)c1ccc(C(=O)N2C(=O)c3cc(N)c4c(c3CCCCCC4)C2=O)cc1. The summed E-state index contributed by atoms with van der Waals surface area (Å²) in [5.74, 6) is -2.63. The van der Waals surface area contributed by atoms with Gasteiger partial charge in [-0.05, 0) is 67.1 Å². The van der Waals surface area contributed by atoms with Crippen LogP contribution in [-0.2, 0) is 12.8 Å². The number of nitrogens with two attached hydrogens (primary N) is 2. The van der Waals surface area contributed by atoms with Crippen molar-refractivity contribution in [1.29, 1.82) is 0 Å². The summed E-state index contributed by atoms with van der Waals surface area (Å²) in [5.41, 5.74) is 14.3. The van der Waals surface area contributed by atoms with E-state index in [1.165, 1.54) is 24.3 Å². The Labute approximate surface area is 167 Å². The molecule has 29 heavy (non-hydrogen) atoms. The van der Waals surface area contributed by atoms with Crippen LogP contribution in [0.5, 0.6) is 0 Å². The second-order valence-electron chi connectivity index (χ2n) is 7.45. The maximum atomic E-state index is 13.3. The van der Waals surface area contributed by atoms with Crippen molar-refractivity contribution in [2.75, 3.05) is 5.73 Å². The second-order valence-corrected chi connectivity index (χ2v) is 7.45. The third-order valence-corrected chi connectivity index (χ3v) is 5.65. The molecule has 4 amide bonds. The summed E-state index contributed by atoms with van der Waals surface area (Å²) in [7, 11) is 0. The number of benzene rings is 2. The minimum atomic E-state index is -0.729. The van der Waals surface area contributed by atoms with Crippen LogP contribution in [0.25, 0.3) is 0 Å². The fourth-order valence-corrected chi connectivity index (χ4v) is 4.14. The van der Waals surface area contributed by atoms with E-state index < -0.39 is 23.6 Å². The van der Waals surface area contributed by atoms with E-state index in [2.05, 4.69) is 0 Å². The molecule has 0 spiro atoms. The molecular weight excluding hydrogens is 370 g/mol. The van der Waals surface area contributed by atoms with Crippen LogP contribution in [0.15, 0.2) is 30.3 Å². The number of carbonyl (C=O) groups is 4. The van der Waals surface area contributed by atoms with Gasteiger partial charge in [0.1, 0.15) is 0 Å². The molecular formula is C22H21N3O4. The standard InChI is InChI=1S/C22H21N3O4/c23-17-11-16-14-5-3-1-2-4-6-15(17)18(14)22(29)25(21(16)28)20(27)13-9-7-12(8-10-13)19(24)26/h7-11H,1-6,23H2,(H2,24,26). The highest BCUT2D eigenvalue weighted by Gasteiger charge is 2.41. The molecule has 2 aromatic rings. The van der Waals surface area contributed by atoms with Gasteiger partial charge < -0.3 is 11.5 Å². The van der Waals surface area contributed by atoms with E-state index in [-0.39, 0.29) is 11.1 Å². The summed E-state index contributed by atoms with van der Waals surface area (Å²) in [4.78, 5) is 51.4. The summed E-state index contributed by atoms with van der Waals surface area (Å²) in [5, 5.41) is 0. The van der Waals surface area contributed by atoms with Crippen molar-refractivity contribution in [2.24, 2.45) is 5.73 Å². The zero-order valence-corrected chi connectivity index (χ0v) is 15.9. The first kappa shape index (κ1) is 18.9. The van der Waals surface area contributed by atoms with E-state index in [1.807, 2.05) is 0 Å². The smallest absolute Gasteiger partial charge is 0.268 e. The highest BCUT2D eigenvalue weighted by atomic mass is 16.2. The zero-order chi connectivity index (χ0) is 20.7. The molecule has 2 aromatic carbocycles. The Kier molecular flexibility index (Phi) is 4.66. The van der Waals surface area contributed by atoms with Gasteiger partial charge in [-0.15, -0.1) is 0 Å². The Morgan fingerprint density at radius 2 is 1.41 bits per heavy atom. The third-order valence-electron chi connectivity index (χ3n) is 5.65. The van der Waals surface area contributed by atoms with Crippen LogP contribution in [0.4, 0.5) is 5.69 Å². The average Bonchev–Trinajstić information content (AvgIpc) is 2.79. The van der Waals surface area contributed by atoms with E-state index >= 15 is 0 Å². The molecule has 0 radical (unpaired) electrons. The number of imide groups is 3. The van der Waals surface area contributed by atoms with Gasteiger partial charge in [-0.3, -0.25) is 19.2 Å². The molecule has 0 fully saturated rings. The highest BCUT2D eigenvalue weighted by Crippen LogP contribution is 2.36. The monoisotopic (exact) mass is 391 g/mol. The van der Waals surface area contributed by atoms with Gasteiger partial charge in [-0.25, -0.2) is 4.90 Å². The average molecular weight is 391 g/mol. The number of anilines is 1. The lowest BCUT2D eigenvalue weighted by atomic mass is 9.86. The van der Waals surface area contributed by atoms with Gasteiger partial charge in [0.15, 0.2) is 0 Å². The highest BCUT2D eigenvalue weighted by molar-refractivity contribution is 6.28. The predicted octanol–water partition coefficient (Wildman–Crippen LogP) is 2.46. The fraction of sp³-hybridized carbons (Fsp3) is 0.273. The molecule has 1 aliphatic heterocycles. The van der Waals surface area contributed by atoms with Crippen LogP contribution < -0.4 is 11.5 Å². The van der Waals surface area contributed by atoms with Crippen LogP contribution in [-0.4, -0.2) is 28.5 Å². The van der Waals surface area contributed by atoms with E-state index in [4.69, 9.17) is 11.5 Å². The molecule has 148 valence electrons. The summed E-state index contributed by atoms with van der Waals surface area (Å²) < 4.78 is 0. The molecule has 7 nitrogen and oxygen atoms in total. The predicted molar refractivity (Wildman–Crippen MR) is 107 cm³/mol. The van der Waals surface area contributed by atoms with E-state index in [0.717, 1.165) is 31.2 Å².